The lowest BCUT2D eigenvalue weighted by Crippen LogP contribution is -2.28. The summed E-state index contributed by atoms with van der Waals surface area (Å²) in [6, 6.07) is 16.1. The van der Waals surface area contributed by atoms with Crippen LogP contribution in [0.1, 0.15) is 37.3 Å². The van der Waals surface area contributed by atoms with Crippen LogP contribution in [0.3, 0.4) is 0 Å². The topological polar surface area (TPSA) is 71.9 Å². The van der Waals surface area contributed by atoms with Crippen LogP contribution in [0.25, 0.3) is 11.4 Å². The molecule has 3 rings (SSSR count). The van der Waals surface area contributed by atoms with Gasteiger partial charge in [-0.2, -0.15) is 5.10 Å². The summed E-state index contributed by atoms with van der Waals surface area (Å²) >= 11 is 5.33. The fourth-order valence-corrected chi connectivity index (χ4v) is 3.28. The first kappa shape index (κ1) is 21.8. The van der Waals surface area contributed by atoms with Gasteiger partial charge in [0.05, 0.1) is 6.54 Å². The third-order valence-corrected chi connectivity index (χ3v) is 5.18. The quantitative estimate of drug-likeness (QED) is 0.388. The van der Waals surface area contributed by atoms with Gasteiger partial charge in [0.25, 0.3) is 0 Å². The number of aromatic nitrogens is 3. The molecule has 7 heteroatoms. The molecule has 1 aromatic heterocycles. The average molecular weight is 425 g/mol. The van der Waals surface area contributed by atoms with Gasteiger partial charge in [-0.15, -0.1) is 0 Å². The minimum absolute atomic E-state index is 0.0493. The van der Waals surface area contributed by atoms with Gasteiger partial charge in [0, 0.05) is 18.5 Å². The molecule has 30 heavy (non-hydrogen) atoms. The SMILES string of the molecule is Cc1ccc(-c2n[nH]c(=S)n2CCC(=O)NCCOc2ccc(C(C)C)cc2)cc1. The molecule has 3 aromatic rings. The first-order chi connectivity index (χ1) is 14.4. The lowest BCUT2D eigenvalue weighted by atomic mass is 10.0. The molecule has 1 amide bonds. The number of hydrogen-bond acceptors (Lipinski definition) is 4. The Morgan fingerprint density at radius 1 is 1.17 bits per heavy atom. The van der Waals surface area contributed by atoms with Gasteiger partial charge in [-0.05, 0) is 42.8 Å². The van der Waals surface area contributed by atoms with E-state index in [2.05, 4.69) is 41.5 Å². The van der Waals surface area contributed by atoms with Crippen molar-refractivity contribution in [2.45, 2.75) is 39.7 Å². The van der Waals surface area contributed by atoms with Gasteiger partial charge < -0.3 is 10.1 Å². The van der Waals surface area contributed by atoms with E-state index in [9.17, 15) is 4.79 Å². The molecule has 0 fully saturated rings. The van der Waals surface area contributed by atoms with Crippen LogP contribution in [-0.4, -0.2) is 33.8 Å². The summed E-state index contributed by atoms with van der Waals surface area (Å²) in [6.45, 7) is 7.69. The number of carbonyl (C=O) groups excluding carboxylic acids is 1. The summed E-state index contributed by atoms with van der Waals surface area (Å²) in [6.07, 6.45) is 0.315. The van der Waals surface area contributed by atoms with Crippen molar-refractivity contribution in [1.29, 1.82) is 0 Å². The van der Waals surface area contributed by atoms with Crippen LogP contribution in [0.4, 0.5) is 0 Å². The zero-order chi connectivity index (χ0) is 21.5. The van der Waals surface area contributed by atoms with Crippen LogP contribution in [0.5, 0.6) is 5.75 Å². The largest absolute Gasteiger partial charge is 0.492 e. The van der Waals surface area contributed by atoms with Crippen LogP contribution in [-0.2, 0) is 11.3 Å². The maximum atomic E-state index is 12.2. The van der Waals surface area contributed by atoms with Crippen LogP contribution in [0.15, 0.2) is 48.5 Å². The molecular weight excluding hydrogens is 396 g/mol. The summed E-state index contributed by atoms with van der Waals surface area (Å²) in [4.78, 5) is 12.2. The van der Waals surface area contributed by atoms with Crippen molar-refractivity contribution in [3.63, 3.8) is 0 Å². The molecular formula is C23H28N4O2S. The minimum Gasteiger partial charge on any atom is -0.492 e. The van der Waals surface area contributed by atoms with Crippen molar-refractivity contribution >= 4 is 18.1 Å². The summed E-state index contributed by atoms with van der Waals surface area (Å²) in [5.41, 5.74) is 3.42. The first-order valence-electron chi connectivity index (χ1n) is 10.2. The fraction of sp³-hybridized carbons (Fsp3) is 0.348. The van der Waals surface area contributed by atoms with Gasteiger partial charge in [-0.25, -0.2) is 0 Å². The molecule has 0 atom stereocenters. The zero-order valence-electron chi connectivity index (χ0n) is 17.6. The lowest BCUT2D eigenvalue weighted by Gasteiger charge is -2.10. The standard InChI is InChI=1S/C23H28N4O2S/c1-16(2)18-8-10-20(11-9-18)29-15-13-24-21(28)12-14-27-22(25-26-23(27)30)19-6-4-17(3)5-7-19/h4-11,16H,12-15H2,1-3H3,(H,24,28)(H,26,30). The Balaban J connectivity index is 1.45. The monoisotopic (exact) mass is 424 g/mol. The number of carbonyl (C=O) groups is 1. The maximum Gasteiger partial charge on any atom is 0.221 e. The van der Waals surface area contributed by atoms with E-state index in [4.69, 9.17) is 17.0 Å². The van der Waals surface area contributed by atoms with Crippen molar-refractivity contribution < 1.29 is 9.53 Å². The van der Waals surface area contributed by atoms with Crippen LogP contribution < -0.4 is 10.1 Å². The third-order valence-electron chi connectivity index (χ3n) is 4.87. The highest BCUT2D eigenvalue weighted by atomic mass is 32.1. The molecule has 0 unspecified atom stereocenters. The number of benzene rings is 2. The number of nitrogens with zero attached hydrogens (tertiary/aromatic N) is 2. The Morgan fingerprint density at radius 3 is 2.53 bits per heavy atom. The Labute approximate surface area is 182 Å². The van der Waals surface area contributed by atoms with Gasteiger partial charge in [0.1, 0.15) is 12.4 Å². The second kappa shape index (κ2) is 10.2. The molecule has 0 aliphatic rings. The van der Waals surface area contributed by atoms with Crippen molar-refractivity contribution in [3.05, 3.63) is 64.4 Å². The molecule has 2 N–H and O–H groups in total. The van der Waals surface area contributed by atoms with E-state index in [1.807, 2.05) is 47.9 Å². The predicted molar refractivity (Wildman–Crippen MR) is 121 cm³/mol. The number of hydrogen-bond donors (Lipinski definition) is 2. The summed E-state index contributed by atoms with van der Waals surface area (Å²) < 4.78 is 8.06. The maximum absolute atomic E-state index is 12.2. The summed E-state index contributed by atoms with van der Waals surface area (Å²) in [5.74, 6) is 1.99. The second-order valence-electron chi connectivity index (χ2n) is 7.54. The zero-order valence-corrected chi connectivity index (χ0v) is 18.5. The van der Waals surface area contributed by atoms with Crippen molar-refractivity contribution in [2.24, 2.45) is 0 Å². The second-order valence-corrected chi connectivity index (χ2v) is 7.93. The third kappa shape index (κ3) is 5.79. The average Bonchev–Trinajstić information content (AvgIpc) is 3.11. The molecule has 0 aliphatic heterocycles. The number of ether oxygens (including phenoxy) is 1. The highest BCUT2D eigenvalue weighted by molar-refractivity contribution is 7.71. The first-order valence-corrected chi connectivity index (χ1v) is 10.6. The van der Waals surface area contributed by atoms with E-state index in [1.165, 1.54) is 11.1 Å². The summed E-state index contributed by atoms with van der Waals surface area (Å²) in [5, 5.41) is 10.0. The smallest absolute Gasteiger partial charge is 0.221 e. The number of amides is 1. The number of aryl methyl sites for hydroxylation is 1. The van der Waals surface area contributed by atoms with E-state index >= 15 is 0 Å². The van der Waals surface area contributed by atoms with E-state index in [0.29, 0.717) is 36.8 Å². The Kier molecular flexibility index (Phi) is 7.41. The number of aromatic amines is 1. The highest BCUT2D eigenvalue weighted by Gasteiger charge is 2.10. The highest BCUT2D eigenvalue weighted by Crippen LogP contribution is 2.19. The molecule has 6 nitrogen and oxygen atoms in total. The Bertz CT molecular complexity index is 1020. The minimum atomic E-state index is -0.0493. The lowest BCUT2D eigenvalue weighted by molar-refractivity contribution is -0.121. The molecule has 0 spiro atoms. The van der Waals surface area contributed by atoms with E-state index < -0.39 is 0 Å². The number of nitrogens with one attached hydrogen (secondary N) is 2. The fourth-order valence-electron chi connectivity index (χ4n) is 3.06. The van der Waals surface area contributed by atoms with Gasteiger partial charge in [0.15, 0.2) is 10.6 Å². The van der Waals surface area contributed by atoms with Gasteiger partial charge in [-0.1, -0.05) is 55.8 Å². The van der Waals surface area contributed by atoms with E-state index in [-0.39, 0.29) is 5.91 Å². The van der Waals surface area contributed by atoms with Crippen LogP contribution in [0, 0.1) is 11.7 Å². The van der Waals surface area contributed by atoms with Crippen molar-refractivity contribution in [3.8, 4) is 17.1 Å². The molecule has 1 heterocycles. The summed E-state index contributed by atoms with van der Waals surface area (Å²) in [7, 11) is 0. The van der Waals surface area contributed by atoms with Gasteiger partial charge >= 0.3 is 0 Å². The Hall–Kier alpha value is -2.93. The normalized spacial score (nSPS) is 10.9. The van der Waals surface area contributed by atoms with Crippen molar-refractivity contribution in [2.75, 3.05) is 13.2 Å². The van der Waals surface area contributed by atoms with E-state index in [0.717, 1.165) is 17.1 Å². The molecule has 2 aromatic carbocycles. The molecule has 0 aliphatic carbocycles. The molecule has 0 bridgehead atoms. The van der Waals surface area contributed by atoms with Crippen LogP contribution in [0.2, 0.25) is 0 Å². The van der Waals surface area contributed by atoms with Gasteiger partial charge in [-0.3, -0.25) is 14.5 Å². The number of rotatable bonds is 9. The Morgan fingerprint density at radius 2 is 1.87 bits per heavy atom. The molecule has 0 radical (unpaired) electrons. The molecule has 0 saturated carbocycles. The van der Waals surface area contributed by atoms with Crippen molar-refractivity contribution in [1.82, 2.24) is 20.1 Å². The molecule has 0 saturated heterocycles. The van der Waals surface area contributed by atoms with E-state index in [1.54, 1.807) is 0 Å². The number of H-pyrrole nitrogens is 1. The molecule has 158 valence electrons. The van der Waals surface area contributed by atoms with Crippen LogP contribution >= 0.6 is 12.2 Å². The van der Waals surface area contributed by atoms with Gasteiger partial charge in [0.2, 0.25) is 5.91 Å². The predicted octanol–water partition coefficient (Wildman–Crippen LogP) is 4.62.